The molecule has 2 fully saturated rings. The van der Waals surface area contributed by atoms with E-state index >= 15 is 0 Å². The van der Waals surface area contributed by atoms with E-state index in [9.17, 15) is 15.0 Å². The first-order valence-corrected chi connectivity index (χ1v) is 9.29. The SMILES string of the molecule is O=C(OCc1ccccc1)N1C[C@H](O)[C@@H](O)[C@@H]2O[C@H](c3ccccc3)OC[C@H]21. The summed E-state index contributed by atoms with van der Waals surface area (Å²) >= 11 is 0. The van der Waals surface area contributed by atoms with Crippen LogP contribution in [0.2, 0.25) is 0 Å². The number of carbonyl (C=O) groups excluding carboxylic acids is 1. The van der Waals surface area contributed by atoms with Crippen LogP contribution in [-0.4, -0.2) is 58.7 Å². The molecule has 28 heavy (non-hydrogen) atoms. The topological polar surface area (TPSA) is 88.5 Å². The predicted molar refractivity (Wildman–Crippen MR) is 99.1 cm³/mol. The number of ether oxygens (including phenoxy) is 3. The molecule has 0 unspecified atom stereocenters. The number of amides is 1. The van der Waals surface area contributed by atoms with Crippen LogP contribution in [0.4, 0.5) is 4.79 Å². The first-order chi connectivity index (χ1) is 13.6. The Hall–Kier alpha value is -2.45. The minimum Gasteiger partial charge on any atom is -0.445 e. The molecule has 2 saturated heterocycles. The largest absolute Gasteiger partial charge is 0.445 e. The molecule has 148 valence electrons. The molecule has 2 aliphatic heterocycles. The molecule has 2 heterocycles. The quantitative estimate of drug-likeness (QED) is 0.838. The number of benzene rings is 2. The van der Waals surface area contributed by atoms with Crippen LogP contribution in [0.3, 0.4) is 0 Å². The fraction of sp³-hybridized carbons (Fsp3) is 0.381. The zero-order valence-corrected chi connectivity index (χ0v) is 15.3. The lowest BCUT2D eigenvalue weighted by atomic mass is 9.93. The van der Waals surface area contributed by atoms with Gasteiger partial charge in [-0.05, 0) is 5.56 Å². The molecule has 2 aromatic rings. The van der Waals surface area contributed by atoms with Crippen molar-refractivity contribution in [3.8, 4) is 0 Å². The van der Waals surface area contributed by atoms with Gasteiger partial charge in [0.15, 0.2) is 6.29 Å². The number of rotatable bonds is 3. The highest BCUT2D eigenvalue weighted by atomic mass is 16.7. The number of fused-ring (bicyclic) bond motifs is 1. The van der Waals surface area contributed by atoms with Crippen molar-refractivity contribution in [2.75, 3.05) is 13.2 Å². The Morgan fingerprint density at radius 1 is 1.07 bits per heavy atom. The van der Waals surface area contributed by atoms with Gasteiger partial charge in [0.2, 0.25) is 0 Å². The standard InChI is InChI=1S/C21H23NO6/c23-17-11-22(21(25)27-12-14-7-3-1-4-8-14)16-13-26-20(28-19(16)18(17)24)15-9-5-2-6-10-15/h1-10,16-20,23-24H,11-13H2/t16-,17+,18-,19-,20-/m1/s1. The van der Waals surface area contributed by atoms with Gasteiger partial charge >= 0.3 is 6.09 Å². The van der Waals surface area contributed by atoms with Gasteiger partial charge in [0, 0.05) is 5.56 Å². The van der Waals surface area contributed by atoms with E-state index in [1.54, 1.807) is 0 Å². The summed E-state index contributed by atoms with van der Waals surface area (Å²) < 4.78 is 17.1. The van der Waals surface area contributed by atoms with Crippen molar-refractivity contribution in [1.29, 1.82) is 0 Å². The van der Waals surface area contributed by atoms with Gasteiger partial charge in [-0.2, -0.15) is 0 Å². The number of hydrogen-bond donors (Lipinski definition) is 2. The summed E-state index contributed by atoms with van der Waals surface area (Å²) in [7, 11) is 0. The van der Waals surface area contributed by atoms with Crippen LogP contribution >= 0.6 is 0 Å². The Morgan fingerprint density at radius 3 is 2.46 bits per heavy atom. The van der Waals surface area contributed by atoms with E-state index < -0.39 is 36.7 Å². The molecule has 2 aliphatic rings. The number of hydrogen-bond acceptors (Lipinski definition) is 6. The molecule has 0 aliphatic carbocycles. The molecule has 1 amide bonds. The zero-order valence-electron chi connectivity index (χ0n) is 15.3. The van der Waals surface area contributed by atoms with Crippen molar-refractivity contribution in [3.63, 3.8) is 0 Å². The Bertz CT molecular complexity index is 786. The maximum absolute atomic E-state index is 12.6. The summed E-state index contributed by atoms with van der Waals surface area (Å²) in [6.45, 7) is 0.258. The van der Waals surface area contributed by atoms with Crippen molar-refractivity contribution in [2.24, 2.45) is 0 Å². The second-order valence-corrected chi connectivity index (χ2v) is 6.99. The smallest absolute Gasteiger partial charge is 0.410 e. The number of piperidine rings is 1. The fourth-order valence-electron chi connectivity index (χ4n) is 3.59. The molecule has 5 atom stereocenters. The molecular formula is C21H23NO6. The van der Waals surface area contributed by atoms with Crippen LogP contribution in [-0.2, 0) is 20.8 Å². The lowest BCUT2D eigenvalue weighted by Gasteiger charge is -2.48. The van der Waals surface area contributed by atoms with E-state index in [4.69, 9.17) is 14.2 Å². The average molecular weight is 385 g/mol. The zero-order chi connectivity index (χ0) is 19.5. The van der Waals surface area contributed by atoms with Gasteiger partial charge in [0.1, 0.15) is 24.9 Å². The number of carbonyl (C=O) groups is 1. The molecule has 0 radical (unpaired) electrons. The van der Waals surface area contributed by atoms with Crippen molar-refractivity contribution in [1.82, 2.24) is 4.90 Å². The van der Waals surface area contributed by atoms with E-state index in [0.717, 1.165) is 11.1 Å². The van der Waals surface area contributed by atoms with Gasteiger partial charge in [-0.3, -0.25) is 4.90 Å². The maximum atomic E-state index is 12.6. The Morgan fingerprint density at radius 2 is 1.75 bits per heavy atom. The van der Waals surface area contributed by atoms with Crippen molar-refractivity contribution in [2.45, 2.75) is 37.3 Å². The number of aliphatic hydroxyl groups is 2. The Balaban J connectivity index is 1.45. The lowest BCUT2D eigenvalue weighted by Crippen LogP contribution is -2.66. The van der Waals surface area contributed by atoms with Crippen LogP contribution in [0.1, 0.15) is 17.4 Å². The van der Waals surface area contributed by atoms with Gasteiger partial charge in [0.05, 0.1) is 19.2 Å². The van der Waals surface area contributed by atoms with Gasteiger partial charge in [-0.15, -0.1) is 0 Å². The highest BCUT2D eigenvalue weighted by Crippen LogP contribution is 2.33. The summed E-state index contributed by atoms with van der Waals surface area (Å²) in [5.41, 5.74) is 1.68. The third kappa shape index (κ3) is 3.88. The minimum absolute atomic E-state index is 0.0430. The number of likely N-dealkylation sites (tertiary alicyclic amines) is 1. The van der Waals surface area contributed by atoms with Crippen LogP contribution in [0.15, 0.2) is 60.7 Å². The van der Waals surface area contributed by atoms with Crippen LogP contribution < -0.4 is 0 Å². The monoisotopic (exact) mass is 385 g/mol. The minimum atomic E-state index is -1.12. The molecule has 0 spiro atoms. The summed E-state index contributed by atoms with van der Waals surface area (Å²) in [4.78, 5) is 14.0. The first kappa shape index (κ1) is 18.9. The molecule has 2 aromatic carbocycles. The van der Waals surface area contributed by atoms with Crippen LogP contribution in [0.5, 0.6) is 0 Å². The number of aliphatic hydroxyl groups excluding tert-OH is 2. The highest BCUT2D eigenvalue weighted by molar-refractivity contribution is 5.68. The summed E-state index contributed by atoms with van der Waals surface area (Å²) in [5.74, 6) is 0. The van der Waals surface area contributed by atoms with Crippen molar-refractivity contribution >= 4 is 6.09 Å². The van der Waals surface area contributed by atoms with E-state index in [0.29, 0.717) is 0 Å². The van der Waals surface area contributed by atoms with Crippen LogP contribution in [0.25, 0.3) is 0 Å². The molecule has 4 rings (SSSR count). The summed E-state index contributed by atoms with van der Waals surface area (Å²) in [5, 5.41) is 20.7. The van der Waals surface area contributed by atoms with Gasteiger partial charge in [-0.1, -0.05) is 60.7 Å². The van der Waals surface area contributed by atoms with Crippen LogP contribution in [0, 0.1) is 0 Å². The third-order valence-electron chi connectivity index (χ3n) is 5.10. The molecule has 7 nitrogen and oxygen atoms in total. The van der Waals surface area contributed by atoms with E-state index in [2.05, 4.69) is 0 Å². The van der Waals surface area contributed by atoms with Crippen molar-refractivity contribution < 1.29 is 29.2 Å². The fourth-order valence-corrected chi connectivity index (χ4v) is 3.59. The van der Waals surface area contributed by atoms with Gasteiger partial charge in [-0.25, -0.2) is 4.79 Å². The Kier molecular flexibility index (Phi) is 5.59. The van der Waals surface area contributed by atoms with E-state index in [1.807, 2.05) is 60.7 Å². The molecule has 0 bridgehead atoms. The summed E-state index contributed by atoms with van der Waals surface area (Å²) in [6.07, 6.45) is -4.25. The van der Waals surface area contributed by atoms with E-state index in [1.165, 1.54) is 4.90 Å². The average Bonchev–Trinajstić information content (AvgIpc) is 2.75. The molecule has 0 saturated carbocycles. The molecule has 7 heteroatoms. The normalized spacial score (nSPS) is 29.8. The second-order valence-electron chi connectivity index (χ2n) is 6.99. The predicted octanol–water partition coefficient (Wildman–Crippen LogP) is 1.84. The molecule has 2 N–H and O–H groups in total. The highest BCUT2D eigenvalue weighted by Gasteiger charge is 2.49. The first-order valence-electron chi connectivity index (χ1n) is 9.29. The molecular weight excluding hydrogens is 362 g/mol. The van der Waals surface area contributed by atoms with E-state index in [-0.39, 0.29) is 19.8 Å². The van der Waals surface area contributed by atoms with Gasteiger partial charge in [0.25, 0.3) is 0 Å². The molecule has 0 aromatic heterocycles. The van der Waals surface area contributed by atoms with Gasteiger partial charge < -0.3 is 24.4 Å². The van der Waals surface area contributed by atoms with Crippen molar-refractivity contribution in [3.05, 3.63) is 71.8 Å². The summed E-state index contributed by atoms with van der Waals surface area (Å²) in [6, 6.07) is 18.2. The maximum Gasteiger partial charge on any atom is 0.410 e. The Labute approximate surface area is 163 Å². The number of β-amino-alcohol motifs (C(OH)–C–C–N with tert-alkyl or cyclic N) is 1. The second kappa shape index (κ2) is 8.28. The lowest BCUT2D eigenvalue weighted by molar-refractivity contribution is -0.283. The number of nitrogens with zero attached hydrogens (tertiary/aromatic N) is 1. The third-order valence-corrected chi connectivity index (χ3v) is 5.10.